The predicted octanol–water partition coefficient (Wildman–Crippen LogP) is 2.97. The zero-order chi connectivity index (χ0) is 20.9. The number of carbonyl (C=O) groups excluding carboxylic acids is 1. The molecule has 0 bridgehead atoms. The fourth-order valence-corrected chi connectivity index (χ4v) is 4.55. The zero-order valence-corrected chi connectivity index (χ0v) is 17.3. The fourth-order valence-electron chi connectivity index (χ4n) is 3.05. The van der Waals surface area contributed by atoms with Gasteiger partial charge in [-0.2, -0.15) is 4.31 Å². The van der Waals surface area contributed by atoms with Crippen molar-refractivity contribution in [1.82, 2.24) is 9.62 Å². The molecule has 0 aromatic heterocycles. The highest BCUT2D eigenvalue weighted by molar-refractivity contribution is 7.89. The first-order valence-electron chi connectivity index (χ1n) is 9.23. The molecule has 1 amide bonds. The van der Waals surface area contributed by atoms with Crippen molar-refractivity contribution in [2.24, 2.45) is 0 Å². The van der Waals surface area contributed by atoms with Gasteiger partial charge in [-0.15, -0.1) is 0 Å². The van der Waals surface area contributed by atoms with Crippen LogP contribution in [-0.4, -0.2) is 44.4 Å². The molecule has 156 valence electrons. The Labute approximate surface area is 174 Å². The molecule has 9 heteroatoms. The minimum Gasteiger partial charge on any atom is -0.376 e. The molecule has 3 rings (SSSR count). The number of hydrogen-bond donors (Lipinski definition) is 1. The van der Waals surface area contributed by atoms with Gasteiger partial charge in [-0.05, 0) is 43.2 Å². The molecule has 0 unspecified atom stereocenters. The molecule has 29 heavy (non-hydrogen) atoms. The Morgan fingerprint density at radius 1 is 1.21 bits per heavy atom. The minimum absolute atomic E-state index is 0.0230. The molecule has 1 heterocycles. The first-order chi connectivity index (χ1) is 13.9. The molecule has 2 aromatic carbocycles. The van der Waals surface area contributed by atoms with Gasteiger partial charge in [0.15, 0.2) is 0 Å². The first-order valence-corrected chi connectivity index (χ1v) is 11.1. The second-order valence-electron chi connectivity index (χ2n) is 6.76. The van der Waals surface area contributed by atoms with Crippen molar-refractivity contribution in [3.8, 4) is 0 Å². The van der Waals surface area contributed by atoms with E-state index in [2.05, 4.69) is 5.32 Å². The average Bonchev–Trinajstić information content (AvgIpc) is 3.21. The lowest BCUT2D eigenvalue weighted by Crippen LogP contribution is -2.42. The normalized spacial score (nSPS) is 16.9. The molecule has 2 aromatic rings. The lowest BCUT2D eigenvalue weighted by molar-refractivity contribution is -0.121. The van der Waals surface area contributed by atoms with Gasteiger partial charge in [0.05, 0.1) is 17.5 Å². The molecule has 1 aliphatic rings. The third-order valence-electron chi connectivity index (χ3n) is 4.63. The van der Waals surface area contributed by atoms with E-state index in [0.717, 1.165) is 17.1 Å². The summed E-state index contributed by atoms with van der Waals surface area (Å²) in [6.07, 6.45) is 1.72. The van der Waals surface area contributed by atoms with E-state index in [-0.39, 0.29) is 23.1 Å². The average molecular weight is 441 g/mol. The Kier molecular flexibility index (Phi) is 7.23. The summed E-state index contributed by atoms with van der Waals surface area (Å²) in [4.78, 5) is 12.4. The van der Waals surface area contributed by atoms with E-state index in [1.165, 1.54) is 42.5 Å². The largest absolute Gasteiger partial charge is 0.376 e. The molecular weight excluding hydrogens is 419 g/mol. The van der Waals surface area contributed by atoms with Gasteiger partial charge in [0.1, 0.15) is 5.82 Å². The second-order valence-corrected chi connectivity index (χ2v) is 9.13. The van der Waals surface area contributed by atoms with Crippen LogP contribution < -0.4 is 5.32 Å². The van der Waals surface area contributed by atoms with Crippen molar-refractivity contribution < 1.29 is 22.3 Å². The Morgan fingerprint density at radius 3 is 2.59 bits per heavy atom. The maximum absolute atomic E-state index is 14.1. The number of carbonyl (C=O) groups is 1. The van der Waals surface area contributed by atoms with Crippen molar-refractivity contribution in [2.45, 2.75) is 30.4 Å². The number of benzene rings is 2. The van der Waals surface area contributed by atoms with Crippen LogP contribution in [0.4, 0.5) is 4.39 Å². The van der Waals surface area contributed by atoms with Crippen LogP contribution in [0.3, 0.4) is 0 Å². The third kappa shape index (κ3) is 5.76. The lowest BCUT2D eigenvalue weighted by Gasteiger charge is -2.22. The van der Waals surface area contributed by atoms with Crippen molar-refractivity contribution in [3.05, 3.63) is 64.9 Å². The Morgan fingerprint density at radius 2 is 1.93 bits per heavy atom. The van der Waals surface area contributed by atoms with Gasteiger partial charge >= 0.3 is 0 Å². The van der Waals surface area contributed by atoms with Crippen LogP contribution >= 0.6 is 11.6 Å². The number of ether oxygens (including phenoxy) is 1. The summed E-state index contributed by atoms with van der Waals surface area (Å²) in [7, 11) is -4.05. The summed E-state index contributed by atoms with van der Waals surface area (Å²) < 4.78 is 46.8. The number of halogens is 2. The SMILES string of the molecule is O=C(CN(Cc1ccccc1F)S(=O)(=O)c1ccc(Cl)cc1)NC[C@@H]1CCCO1. The minimum atomic E-state index is -4.05. The third-order valence-corrected chi connectivity index (χ3v) is 6.68. The van der Waals surface area contributed by atoms with Crippen molar-refractivity contribution >= 4 is 27.5 Å². The van der Waals surface area contributed by atoms with E-state index in [1.807, 2.05) is 0 Å². The molecule has 1 saturated heterocycles. The highest BCUT2D eigenvalue weighted by Gasteiger charge is 2.28. The first kappa shape index (κ1) is 21.7. The summed E-state index contributed by atoms with van der Waals surface area (Å²) >= 11 is 5.85. The summed E-state index contributed by atoms with van der Waals surface area (Å²) in [5.41, 5.74) is 0.178. The van der Waals surface area contributed by atoms with E-state index in [4.69, 9.17) is 16.3 Å². The lowest BCUT2D eigenvalue weighted by atomic mass is 10.2. The topological polar surface area (TPSA) is 75.7 Å². The maximum atomic E-state index is 14.1. The van der Waals surface area contributed by atoms with E-state index in [9.17, 15) is 17.6 Å². The molecule has 0 radical (unpaired) electrons. The number of amides is 1. The zero-order valence-electron chi connectivity index (χ0n) is 15.7. The van der Waals surface area contributed by atoms with Crippen LogP contribution in [0.25, 0.3) is 0 Å². The highest BCUT2D eigenvalue weighted by atomic mass is 35.5. The van der Waals surface area contributed by atoms with Crippen LogP contribution in [0.1, 0.15) is 18.4 Å². The molecule has 0 spiro atoms. The highest BCUT2D eigenvalue weighted by Crippen LogP contribution is 2.21. The van der Waals surface area contributed by atoms with Crippen molar-refractivity contribution in [3.63, 3.8) is 0 Å². The van der Waals surface area contributed by atoms with Gasteiger partial charge in [-0.25, -0.2) is 12.8 Å². The van der Waals surface area contributed by atoms with E-state index >= 15 is 0 Å². The predicted molar refractivity (Wildman–Crippen MR) is 107 cm³/mol. The van der Waals surface area contributed by atoms with E-state index in [0.29, 0.717) is 18.2 Å². The van der Waals surface area contributed by atoms with Crippen LogP contribution in [0.5, 0.6) is 0 Å². The summed E-state index contributed by atoms with van der Waals surface area (Å²) in [5.74, 6) is -1.02. The molecule has 1 aliphatic heterocycles. The fraction of sp³-hybridized carbons (Fsp3) is 0.350. The number of hydrogen-bond acceptors (Lipinski definition) is 4. The maximum Gasteiger partial charge on any atom is 0.243 e. The standard InChI is InChI=1S/C20H22ClFN2O4S/c21-16-7-9-18(10-8-16)29(26,27)24(13-15-4-1-2-6-19(15)22)14-20(25)23-12-17-5-3-11-28-17/h1-2,4,6-10,17H,3,5,11-14H2,(H,23,25)/t17-/m0/s1. The Hall–Kier alpha value is -2.00. The van der Waals surface area contributed by atoms with Gasteiger partial charge in [-0.1, -0.05) is 29.8 Å². The summed E-state index contributed by atoms with van der Waals surface area (Å²) in [6.45, 7) is 0.259. The molecule has 0 aliphatic carbocycles. The summed E-state index contributed by atoms with van der Waals surface area (Å²) in [6, 6.07) is 11.5. The van der Waals surface area contributed by atoms with Crippen LogP contribution in [-0.2, 0) is 26.1 Å². The second kappa shape index (κ2) is 9.67. The number of nitrogens with zero attached hydrogens (tertiary/aromatic N) is 1. The van der Waals surface area contributed by atoms with Crippen LogP contribution in [0.2, 0.25) is 5.02 Å². The van der Waals surface area contributed by atoms with E-state index < -0.39 is 28.3 Å². The van der Waals surface area contributed by atoms with Gasteiger partial charge in [0, 0.05) is 30.3 Å². The molecular formula is C20H22ClFN2O4S. The smallest absolute Gasteiger partial charge is 0.243 e. The quantitative estimate of drug-likeness (QED) is 0.684. The van der Waals surface area contributed by atoms with Crippen LogP contribution in [0.15, 0.2) is 53.4 Å². The van der Waals surface area contributed by atoms with Crippen molar-refractivity contribution in [2.75, 3.05) is 19.7 Å². The van der Waals surface area contributed by atoms with Crippen molar-refractivity contribution in [1.29, 1.82) is 0 Å². The summed E-state index contributed by atoms with van der Waals surface area (Å²) in [5, 5.41) is 3.09. The van der Waals surface area contributed by atoms with Crippen LogP contribution in [0, 0.1) is 5.82 Å². The van der Waals surface area contributed by atoms with Gasteiger partial charge in [0.25, 0.3) is 0 Å². The number of nitrogens with one attached hydrogen (secondary N) is 1. The van der Waals surface area contributed by atoms with Gasteiger partial charge in [0.2, 0.25) is 15.9 Å². The molecule has 1 fully saturated rings. The van der Waals surface area contributed by atoms with E-state index in [1.54, 1.807) is 6.07 Å². The Balaban J connectivity index is 1.79. The van der Waals surface area contributed by atoms with Gasteiger partial charge < -0.3 is 10.1 Å². The molecule has 1 atom stereocenters. The number of sulfonamides is 1. The monoisotopic (exact) mass is 440 g/mol. The molecule has 1 N–H and O–H groups in total. The Bertz CT molecular complexity index is 947. The van der Waals surface area contributed by atoms with Gasteiger partial charge in [-0.3, -0.25) is 4.79 Å². The molecule has 0 saturated carbocycles. The molecule has 6 nitrogen and oxygen atoms in total. The number of rotatable bonds is 8.